The summed E-state index contributed by atoms with van der Waals surface area (Å²) in [6.45, 7) is 4.79. The van der Waals surface area contributed by atoms with Crippen molar-refractivity contribution in [2.24, 2.45) is 0 Å². The largest absolute Gasteiger partial charge is 0.490 e. The number of benzene rings is 3. The molecule has 7 heteroatoms. The van der Waals surface area contributed by atoms with Gasteiger partial charge in [-0.05, 0) is 61.9 Å². The first-order chi connectivity index (χ1) is 16.5. The number of hydrogen-bond donors (Lipinski definition) is 3. The normalized spacial score (nSPS) is 11.2. The van der Waals surface area contributed by atoms with Gasteiger partial charge in [0, 0.05) is 17.3 Å². The smallest absolute Gasteiger partial charge is 0.251 e. The summed E-state index contributed by atoms with van der Waals surface area (Å²) in [6, 6.07) is 23.9. The van der Waals surface area contributed by atoms with Gasteiger partial charge in [0.15, 0.2) is 0 Å². The predicted octanol–water partition coefficient (Wildman–Crippen LogP) is 4.72. The third-order valence-corrected chi connectivity index (χ3v) is 5.10. The van der Waals surface area contributed by atoms with E-state index in [2.05, 4.69) is 16.0 Å². The number of ether oxygens (including phenoxy) is 2. The van der Waals surface area contributed by atoms with Crippen LogP contribution in [-0.2, 0) is 4.79 Å². The zero-order valence-electron chi connectivity index (χ0n) is 19.5. The second-order valence-electron chi connectivity index (χ2n) is 7.77. The maximum Gasteiger partial charge on any atom is 0.251 e. The molecule has 0 saturated carbocycles. The average Bonchev–Trinajstić information content (AvgIpc) is 2.87. The average molecular weight is 462 g/mol. The van der Waals surface area contributed by atoms with Crippen molar-refractivity contribution < 1.29 is 19.1 Å². The van der Waals surface area contributed by atoms with E-state index >= 15 is 0 Å². The van der Waals surface area contributed by atoms with Crippen LogP contribution in [0.15, 0.2) is 78.9 Å². The number of carbonyl (C=O) groups is 2. The van der Waals surface area contributed by atoms with Gasteiger partial charge in [-0.15, -0.1) is 0 Å². The van der Waals surface area contributed by atoms with Crippen LogP contribution in [-0.4, -0.2) is 37.6 Å². The van der Waals surface area contributed by atoms with Gasteiger partial charge >= 0.3 is 0 Å². The standard InChI is InChI=1S/C27H31N3O4/c1-3-20(2)29-27(32)21-13-15-22(16-14-21)28-19-26(31)30-24-11-7-8-12-25(24)34-18-17-33-23-9-5-4-6-10-23/h4-16,20,28H,3,17-19H2,1-2H3,(H,29,32)(H,30,31). The van der Waals surface area contributed by atoms with Crippen molar-refractivity contribution in [3.8, 4) is 11.5 Å². The molecule has 0 aliphatic rings. The number of carbonyl (C=O) groups excluding carboxylic acids is 2. The number of amides is 2. The van der Waals surface area contributed by atoms with Crippen molar-refractivity contribution in [2.45, 2.75) is 26.3 Å². The van der Waals surface area contributed by atoms with E-state index in [4.69, 9.17) is 9.47 Å². The molecule has 0 heterocycles. The summed E-state index contributed by atoms with van der Waals surface area (Å²) in [5.41, 5.74) is 1.92. The van der Waals surface area contributed by atoms with Crippen LogP contribution >= 0.6 is 0 Å². The summed E-state index contributed by atoms with van der Waals surface area (Å²) in [5.74, 6) is 1.03. The molecule has 0 aliphatic heterocycles. The summed E-state index contributed by atoms with van der Waals surface area (Å²) >= 11 is 0. The Morgan fingerprint density at radius 1 is 0.853 bits per heavy atom. The second kappa shape index (κ2) is 12.9. The zero-order chi connectivity index (χ0) is 24.2. The molecule has 0 aliphatic carbocycles. The van der Waals surface area contributed by atoms with Gasteiger partial charge in [0.1, 0.15) is 24.7 Å². The monoisotopic (exact) mass is 461 g/mol. The van der Waals surface area contributed by atoms with Gasteiger partial charge in [-0.25, -0.2) is 0 Å². The minimum Gasteiger partial charge on any atom is -0.490 e. The van der Waals surface area contributed by atoms with E-state index in [-0.39, 0.29) is 24.4 Å². The van der Waals surface area contributed by atoms with E-state index in [1.165, 1.54) is 0 Å². The Labute approximate surface area is 200 Å². The number of hydrogen-bond acceptors (Lipinski definition) is 5. The molecular weight excluding hydrogens is 430 g/mol. The van der Waals surface area contributed by atoms with Crippen LogP contribution in [0.4, 0.5) is 11.4 Å². The van der Waals surface area contributed by atoms with Gasteiger partial charge < -0.3 is 25.4 Å². The third-order valence-electron chi connectivity index (χ3n) is 5.10. The molecule has 0 bridgehead atoms. The van der Waals surface area contributed by atoms with Crippen molar-refractivity contribution >= 4 is 23.2 Å². The van der Waals surface area contributed by atoms with Crippen LogP contribution in [0.5, 0.6) is 11.5 Å². The van der Waals surface area contributed by atoms with Crippen molar-refractivity contribution in [1.29, 1.82) is 0 Å². The third kappa shape index (κ3) is 7.85. The van der Waals surface area contributed by atoms with Gasteiger partial charge in [-0.2, -0.15) is 0 Å². The zero-order valence-corrected chi connectivity index (χ0v) is 19.5. The highest BCUT2D eigenvalue weighted by molar-refractivity contribution is 5.96. The number of rotatable bonds is 12. The van der Waals surface area contributed by atoms with E-state index in [0.717, 1.165) is 17.9 Å². The van der Waals surface area contributed by atoms with E-state index in [1.807, 2.05) is 56.3 Å². The molecule has 1 unspecified atom stereocenters. The molecule has 178 valence electrons. The van der Waals surface area contributed by atoms with Crippen LogP contribution in [0.2, 0.25) is 0 Å². The summed E-state index contributed by atoms with van der Waals surface area (Å²) < 4.78 is 11.4. The Morgan fingerprint density at radius 2 is 1.53 bits per heavy atom. The molecule has 3 N–H and O–H groups in total. The van der Waals surface area contributed by atoms with Crippen molar-refractivity contribution in [2.75, 3.05) is 30.4 Å². The molecule has 3 aromatic rings. The van der Waals surface area contributed by atoms with Crippen molar-refractivity contribution in [1.82, 2.24) is 5.32 Å². The first kappa shape index (κ1) is 24.6. The molecule has 3 aromatic carbocycles. The second-order valence-corrected chi connectivity index (χ2v) is 7.77. The van der Waals surface area contributed by atoms with E-state index in [1.54, 1.807) is 36.4 Å². The Hall–Kier alpha value is -4.00. The first-order valence-corrected chi connectivity index (χ1v) is 11.4. The topological polar surface area (TPSA) is 88.7 Å². The molecule has 2 amide bonds. The molecule has 1 atom stereocenters. The van der Waals surface area contributed by atoms with Gasteiger partial charge in [-0.1, -0.05) is 37.3 Å². The Bertz CT molecular complexity index is 1050. The number of nitrogens with one attached hydrogen (secondary N) is 3. The SMILES string of the molecule is CCC(C)NC(=O)c1ccc(NCC(=O)Nc2ccccc2OCCOc2ccccc2)cc1. The molecule has 0 fully saturated rings. The van der Waals surface area contributed by atoms with E-state index in [9.17, 15) is 9.59 Å². The maximum atomic E-state index is 12.5. The molecule has 0 radical (unpaired) electrons. The van der Waals surface area contributed by atoms with Gasteiger partial charge in [0.25, 0.3) is 5.91 Å². The molecule has 7 nitrogen and oxygen atoms in total. The Kier molecular flexibility index (Phi) is 9.34. The highest BCUT2D eigenvalue weighted by Gasteiger charge is 2.10. The van der Waals surface area contributed by atoms with Crippen molar-refractivity contribution in [3.63, 3.8) is 0 Å². The van der Waals surface area contributed by atoms with Crippen molar-refractivity contribution in [3.05, 3.63) is 84.4 Å². The minimum absolute atomic E-state index is 0.0733. The Balaban J connectivity index is 1.45. The Morgan fingerprint density at radius 3 is 2.26 bits per heavy atom. The molecular formula is C27H31N3O4. The van der Waals surface area contributed by atoms with Crippen LogP contribution in [0.1, 0.15) is 30.6 Å². The van der Waals surface area contributed by atoms with E-state index < -0.39 is 0 Å². The molecule has 34 heavy (non-hydrogen) atoms. The lowest BCUT2D eigenvalue weighted by Crippen LogP contribution is -2.31. The van der Waals surface area contributed by atoms with Gasteiger partial charge in [0.2, 0.25) is 5.91 Å². The molecule has 0 spiro atoms. The van der Waals surface area contributed by atoms with Crippen LogP contribution in [0.25, 0.3) is 0 Å². The number of para-hydroxylation sites is 3. The predicted molar refractivity (Wildman–Crippen MR) is 135 cm³/mol. The fourth-order valence-electron chi connectivity index (χ4n) is 3.05. The molecule has 0 aromatic heterocycles. The highest BCUT2D eigenvalue weighted by atomic mass is 16.5. The molecule has 0 saturated heterocycles. The quantitative estimate of drug-likeness (QED) is 0.340. The summed E-state index contributed by atoms with van der Waals surface area (Å²) in [7, 11) is 0. The van der Waals surface area contributed by atoms with Gasteiger partial charge in [0.05, 0.1) is 12.2 Å². The minimum atomic E-state index is -0.213. The number of anilines is 2. The van der Waals surface area contributed by atoms with Crippen LogP contribution in [0, 0.1) is 0 Å². The lowest BCUT2D eigenvalue weighted by molar-refractivity contribution is -0.114. The van der Waals surface area contributed by atoms with Crippen LogP contribution < -0.4 is 25.4 Å². The first-order valence-electron chi connectivity index (χ1n) is 11.4. The maximum absolute atomic E-state index is 12.5. The van der Waals surface area contributed by atoms with Gasteiger partial charge in [-0.3, -0.25) is 9.59 Å². The fourth-order valence-corrected chi connectivity index (χ4v) is 3.05. The summed E-state index contributed by atoms with van der Waals surface area (Å²) in [6.07, 6.45) is 0.871. The van der Waals surface area contributed by atoms with Crippen LogP contribution in [0.3, 0.4) is 0 Å². The van der Waals surface area contributed by atoms with E-state index in [0.29, 0.717) is 30.2 Å². The lowest BCUT2D eigenvalue weighted by atomic mass is 10.1. The summed E-state index contributed by atoms with van der Waals surface area (Å²) in [5, 5.41) is 8.87. The fraction of sp³-hybridized carbons (Fsp3) is 0.259. The molecule has 3 rings (SSSR count). The summed E-state index contributed by atoms with van der Waals surface area (Å²) in [4.78, 5) is 24.6. The highest BCUT2D eigenvalue weighted by Crippen LogP contribution is 2.23. The lowest BCUT2D eigenvalue weighted by Gasteiger charge is -2.14.